The molecule has 1 rings (SSSR count). The van der Waals surface area contributed by atoms with E-state index in [4.69, 9.17) is 26.8 Å². The standard InChI is InChI=1S/C14H23N3.CH2O2/c1-10(15)9-13-5-3-12(4-6-13)7-8-14(17)11(2)16;2-1-3/h3-6,10-11,17H,7-9,15-16H2,1-2H3;1H,(H,2,3). The first-order valence-electron chi connectivity index (χ1n) is 6.64. The Hall–Kier alpha value is -1.72. The minimum Gasteiger partial charge on any atom is -0.483 e. The number of nitrogens with two attached hydrogens (primary N) is 2. The lowest BCUT2D eigenvalue weighted by Crippen LogP contribution is -2.26. The second-order valence-corrected chi connectivity index (χ2v) is 4.92. The maximum atomic E-state index is 8.36. The fourth-order valence-corrected chi connectivity index (χ4v) is 1.72. The zero-order chi connectivity index (χ0) is 15.5. The third kappa shape index (κ3) is 8.39. The summed E-state index contributed by atoms with van der Waals surface area (Å²) in [7, 11) is 0. The summed E-state index contributed by atoms with van der Waals surface area (Å²) in [5.74, 6) is 0. The molecule has 5 heteroatoms. The topological polar surface area (TPSA) is 113 Å². The number of carbonyl (C=O) groups is 1. The Morgan fingerprint density at radius 2 is 1.70 bits per heavy atom. The van der Waals surface area contributed by atoms with E-state index in [1.165, 1.54) is 11.1 Å². The highest BCUT2D eigenvalue weighted by molar-refractivity contribution is 5.86. The molecule has 0 aliphatic carbocycles. The molecule has 0 radical (unpaired) electrons. The van der Waals surface area contributed by atoms with Crippen molar-refractivity contribution in [1.82, 2.24) is 0 Å². The molecule has 112 valence electrons. The summed E-state index contributed by atoms with van der Waals surface area (Å²) in [5.41, 5.74) is 14.5. The first-order chi connectivity index (χ1) is 9.40. The molecule has 6 N–H and O–H groups in total. The molecule has 0 spiro atoms. The van der Waals surface area contributed by atoms with Crippen LogP contribution in [0, 0.1) is 5.41 Å². The monoisotopic (exact) mass is 279 g/mol. The minimum absolute atomic E-state index is 0.132. The SMILES string of the molecule is CC(N)Cc1ccc(CCC(=N)C(C)N)cc1.O=CO. The lowest BCUT2D eigenvalue weighted by molar-refractivity contribution is -0.122. The van der Waals surface area contributed by atoms with Crippen molar-refractivity contribution >= 4 is 12.2 Å². The molecule has 0 bridgehead atoms. The van der Waals surface area contributed by atoms with Crippen molar-refractivity contribution < 1.29 is 9.90 Å². The van der Waals surface area contributed by atoms with Gasteiger partial charge in [-0.3, -0.25) is 4.79 Å². The summed E-state index contributed by atoms with van der Waals surface area (Å²) in [6.45, 7) is 3.62. The maximum absolute atomic E-state index is 8.36. The molecule has 0 amide bonds. The van der Waals surface area contributed by atoms with E-state index in [2.05, 4.69) is 24.3 Å². The predicted molar refractivity (Wildman–Crippen MR) is 82.2 cm³/mol. The van der Waals surface area contributed by atoms with Gasteiger partial charge in [0.25, 0.3) is 6.47 Å². The summed E-state index contributed by atoms with van der Waals surface area (Å²) in [5, 5.41) is 14.6. The normalized spacial score (nSPS) is 12.8. The lowest BCUT2D eigenvalue weighted by atomic mass is 10.0. The van der Waals surface area contributed by atoms with Crippen LogP contribution < -0.4 is 11.5 Å². The number of nitrogens with one attached hydrogen (secondary N) is 1. The number of aryl methyl sites for hydroxylation is 1. The molecule has 0 aliphatic rings. The van der Waals surface area contributed by atoms with Crippen LogP contribution in [0.2, 0.25) is 0 Å². The molecule has 0 aliphatic heterocycles. The van der Waals surface area contributed by atoms with E-state index in [1.54, 1.807) is 0 Å². The van der Waals surface area contributed by atoms with Crippen LogP contribution in [-0.4, -0.2) is 29.4 Å². The molecule has 2 unspecified atom stereocenters. The Balaban J connectivity index is 0.00000110. The van der Waals surface area contributed by atoms with Crippen LogP contribution in [0.3, 0.4) is 0 Å². The maximum Gasteiger partial charge on any atom is 0.290 e. The summed E-state index contributed by atoms with van der Waals surface area (Å²) in [4.78, 5) is 8.36. The van der Waals surface area contributed by atoms with Gasteiger partial charge in [-0.1, -0.05) is 24.3 Å². The Labute approximate surface area is 120 Å². The highest BCUT2D eigenvalue weighted by Crippen LogP contribution is 2.09. The van der Waals surface area contributed by atoms with Gasteiger partial charge < -0.3 is 22.0 Å². The molecule has 20 heavy (non-hydrogen) atoms. The van der Waals surface area contributed by atoms with Crippen LogP contribution in [0.5, 0.6) is 0 Å². The van der Waals surface area contributed by atoms with E-state index in [0.717, 1.165) is 19.3 Å². The molecule has 1 aromatic rings. The average molecular weight is 279 g/mol. The average Bonchev–Trinajstić information content (AvgIpc) is 2.37. The van der Waals surface area contributed by atoms with Gasteiger partial charge in [0, 0.05) is 17.8 Å². The van der Waals surface area contributed by atoms with Crippen LogP contribution in [0.15, 0.2) is 24.3 Å². The van der Waals surface area contributed by atoms with Crippen LogP contribution in [0.4, 0.5) is 0 Å². The molecule has 0 aromatic heterocycles. The zero-order valence-corrected chi connectivity index (χ0v) is 12.2. The number of benzene rings is 1. The Kier molecular flexibility index (Phi) is 9.24. The van der Waals surface area contributed by atoms with Crippen LogP contribution in [-0.2, 0) is 17.6 Å². The van der Waals surface area contributed by atoms with E-state index < -0.39 is 0 Å². The second kappa shape index (κ2) is 10.1. The van der Waals surface area contributed by atoms with Gasteiger partial charge >= 0.3 is 0 Å². The Morgan fingerprint density at radius 1 is 1.25 bits per heavy atom. The minimum atomic E-state index is -0.250. The number of hydrogen-bond acceptors (Lipinski definition) is 4. The molecule has 1 aromatic carbocycles. The first-order valence-corrected chi connectivity index (χ1v) is 6.64. The molecule has 0 saturated heterocycles. The van der Waals surface area contributed by atoms with Crippen LogP contribution >= 0.6 is 0 Å². The van der Waals surface area contributed by atoms with Gasteiger partial charge in [-0.25, -0.2) is 0 Å². The summed E-state index contributed by atoms with van der Waals surface area (Å²) < 4.78 is 0. The van der Waals surface area contributed by atoms with Crippen LogP contribution in [0.25, 0.3) is 0 Å². The van der Waals surface area contributed by atoms with Gasteiger partial charge in [-0.15, -0.1) is 0 Å². The molecular weight excluding hydrogens is 254 g/mol. The van der Waals surface area contributed by atoms with E-state index in [0.29, 0.717) is 5.71 Å². The molecule has 5 nitrogen and oxygen atoms in total. The predicted octanol–water partition coefficient (Wildman–Crippen LogP) is 1.58. The van der Waals surface area contributed by atoms with Crippen LogP contribution in [0.1, 0.15) is 31.4 Å². The zero-order valence-electron chi connectivity index (χ0n) is 12.2. The van der Waals surface area contributed by atoms with E-state index in [-0.39, 0.29) is 18.6 Å². The van der Waals surface area contributed by atoms with Crippen molar-refractivity contribution in [3.63, 3.8) is 0 Å². The van der Waals surface area contributed by atoms with E-state index >= 15 is 0 Å². The quantitative estimate of drug-likeness (QED) is 0.467. The van der Waals surface area contributed by atoms with Gasteiger partial charge in [0.05, 0.1) is 0 Å². The molecule has 2 atom stereocenters. The highest BCUT2D eigenvalue weighted by Gasteiger charge is 2.04. The summed E-state index contributed by atoms with van der Waals surface area (Å²) in [6.07, 6.45) is 2.54. The van der Waals surface area contributed by atoms with Crippen molar-refractivity contribution in [2.45, 2.75) is 45.2 Å². The van der Waals surface area contributed by atoms with Gasteiger partial charge in [0.1, 0.15) is 0 Å². The molecular formula is C15H25N3O2. The largest absolute Gasteiger partial charge is 0.483 e. The summed E-state index contributed by atoms with van der Waals surface area (Å²) in [6, 6.07) is 8.54. The van der Waals surface area contributed by atoms with Crippen molar-refractivity contribution in [1.29, 1.82) is 5.41 Å². The molecule has 0 fully saturated rings. The van der Waals surface area contributed by atoms with Gasteiger partial charge in [-0.2, -0.15) is 0 Å². The number of carboxylic acid groups (broad SMARTS) is 1. The first kappa shape index (κ1) is 18.3. The highest BCUT2D eigenvalue weighted by atomic mass is 16.3. The third-order valence-electron chi connectivity index (χ3n) is 2.81. The summed E-state index contributed by atoms with van der Waals surface area (Å²) >= 11 is 0. The van der Waals surface area contributed by atoms with Gasteiger partial charge in [0.15, 0.2) is 0 Å². The number of rotatable bonds is 6. The Morgan fingerprint density at radius 3 is 2.10 bits per heavy atom. The molecule has 0 heterocycles. The second-order valence-electron chi connectivity index (χ2n) is 4.92. The van der Waals surface area contributed by atoms with Crippen molar-refractivity contribution in [2.24, 2.45) is 11.5 Å². The number of hydrogen-bond donors (Lipinski definition) is 4. The van der Waals surface area contributed by atoms with Gasteiger partial charge in [-0.05, 0) is 44.2 Å². The molecule has 0 saturated carbocycles. The van der Waals surface area contributed by atoms with E-state index in [9.17, 15) is 0 Å². The van der Waals surface area contributed by atoms with Crippen molar-refractivity contribution in [3.8, 4) is 0 Å². The van der Waals surface area contributed by atoms with Crippen molar-refractivity contribution in [3.05, 3.63) is 35.4 Å². The van der Waals surface area contributed by atoms with E-state index in [1.807, 2.05) is 13.8 Å². The van der Waals surface area contributed by atoms with Crippen molar-refractivity contribution in [2.75, 3.05) is 0 Å². The van der Waals surface area contributed by atoms with Gasteiger partial charge in [0.2, 0.25) is 0 Å². The smallest absolute Gasteiger partial charge is 0.290 e. The lowest BCUT2D eigenvalue weighted by Gasteiger charge is -2.09. The fourth-order valence-electron chi connectivity index (χ4n) is 1.72. The fraction of sp³-hybridized carbons (Fsp3) is 0.467. The third-order valence-corrected chi connectivity index (χ3v) is 2.81. The Bertz CT molecular complexity index is 400.